The Morgan fingerprint density at radius 1 is 1.10 bits per heavy atom. The highest BCUT2D eigenvalue weighted by Crippen LogP contribution is 2.34. The third-order valence-electron chi connectivity index (χ3n) is 7.86. The molecule has 1 aromatic carbocycles. The standard InChI is InChI=1S/C31H38N6O2/c1-6-21(4)37-18-19(2)30-25(31(39)34-17-26-22(5)35-20(3)13-28(26)38)14-24(15-27(30)37)23-7-8-29(33-16-23)36-11-9-32-10-12-36/h7-8,13-16,18,21,32H,6,9-12,17H2,1-5H3,(H,34,39)(H,35,38)/t21-/m0/s1. The molecular formula is C31H38N6O2. The molecule has 0 saturated carbocycles. The number of H-pyrrole nitrogens is 1. The zero-order valence-electron chi connectivity index (χ0n) is 23.5. The van der Waals surface area contributed by atoms with Crippen LogP contribution in [0.1, 0.15) is 59.2 Å². The van der Waals surface area contributed by atoms with Crippen LogP contribution in [0.4, 0.5) is 5.82 Å². The van der Waals surface area contributed by atoms with Crippen molar-refractivity contribution in [1.82, 2.24) is 25.2 Å². The lowest BCUT2D eigenvalue weighted by molar-refractivity contribution is 0.0952. The fourth-order valence-electron chi connectivity index (χ4n) is 5.49. The average molecular weight is 527 g/mol. The van der Waals surface area contributed by atoms with Crippen LogP contribution in [0.15, 0.2) is 47.5 Å². The predicted octanol–water partition coefficient (Wildman–Crippen LogP) is 4.63. The molecule has 1 fully saturated rings. The predicted molar refractivity (Wildman–Crippen MR) is 158 cm³/mol. The van der Waals surface area contributed by atoms with E-state index in [-0.39, 0.29) is 23.9 Å². The molecule has 39 heavy (non-hydrogen) atoms. The molecule has 0 aliphatic carbocycles. The minimum atomic E-state index is -0.198. The summed E-state index contributed by atoms with van der Waals surface area (Å²) in [5.41, 5.74) is 6.67. The molecule has 1 aliphatic rings. The van der Waals surface area contributed by atoms with Crippen LogP contribution in [0, 0.1) is 20.8 Å². The fourth-order valence-corrected chi connectivity index (χ4v) is 5.49. The van der Waals surface area contributed by atoms with Gasteiger partial charge in [-0.2, -0.15) is 0 Å². The van der Waals surface area contributed by atoms with Gasteiger partial charge in [0.05, 0.1) is 0 Å². The molecule has 3 aromatic heterocycles. The highest BCUT2D eigenvalue weighted by molar-refractivity contribution is 6.09. The molecule has 4 aromatic rings. The van der Waals surface area contributed by atoms with Crippen LogP contribution in [0.3, 0.4) is 0 Å². The van der Waals surface area contributed by atoms with Crippen molar-refractivity contribution in [3.8, 4) is 11.1 Å². The monoisotopic (exact) mass is 526 g/mol. The summed E-state index contributed by atoms with van der Waals surface area (Å²) in [6.07, 6.45) is 5.02. The Bertz CT molecular complexity index is 1560. The first-order valence-corrected chi connectivity index (χ1v) is 13.8. The number of hydrogen-bond donors (Lipinski definition) is 3. The number of carbonyl (C=O) groups is 1. The van der Waals surface area contributed by atoms with Crippen molar-refractivity contribution in [3.63, 3.8) is 0 Å². The lowest BCUT2D eigenvalue weighted by atomic mass is 9.98. The second-order valence-corrected chi connectivity index (χ2v) is 10.6. The first kappa shape index (κ1) is 26.7. The third-order valence-corrected chi connectivity index (χ3v) is 7.86. The van der Waals surface area contributed by atoms with E-state index in [2.05, 4.69) is 70.3 Å². The number of aromatic nitrogens is 3. The van der Waals surface area contributed by atoms with E-state index >= 15 is 0 Å². The SMILES string of the molecule is CC[C@H](C)n1cc(C)c2c(C(=O)NCc3c(C)[nH]c(C)cc3=O)cc(-c3ccc(N4CCNCC4)nc3)cc21. The number of amides is 1. The lowest BCUT2D eigenvalue weighted by Gasteiger charge is -2.28. The molecule has 5 rings (SSSR count). The summed E-state index contributed by atoms with van der Waals surface area (Å²) in [5, 5.41) is 7.34. The Kier molecular flexibility index (Phi) is 7.57. The van der Waals surface area contributed by atoms with E-state index in [1.165, 1.54) is 0 Å². The van der Waals surface area contributed by atoms with Gasteiger partial charge in [0.1, 0.15) is 5.82 Å². The van der Waals surface area contributed by atoms with E-state index in [1.54, 1.807) is 6.07 Å². The van der Waals surface area contributed by atoms with Crippen LogP contribution in [-0.4, -0.2) is 46.6 Å². The Labute approximate surface area is 229 Å². The first-order valence-electron chi connectivity index (χ1n) is 13.8. The summed E-state index contributed by atoms with van der Waals surface area (Å²) in [6, 6.07) is 10.1. The number of carbonyl (C=O) groups excluding carboxylic acids is 1. The number of nitrogens with one attached hydrogen (secondary N) is 3. The molecule has 1 aliphatic heterocycles. The average Bonchev–Trinajstić information content (AvgIpc) is 3.28. The highest BCUT2D eigenvalue weighted by Gasteiger charge is 2.20. The number of benzene rings is 1. The summed E-state index contributed by atoms with van der Waals surface area (Å²) in [4.78, 5) is 36.5. The number of hydrogen-bond acceptors (Lipinski definition) is 5. The summed E-state index contributed by atoms with van der Waals surface area (Å²) < 4.78 is 2.27. The Morgan fingerprint density at radius 2 is 1.87 bits per heavy atom. The van der Waals surface area contributed by atoms with Crippen molar-refractivity contribution in [3.05, 3.63) is 81.0 Å². The van der Waals surface area contributed by atoms with Crippen LogP contribution < -0.4 is 21.0 Å². The molecule has 204 valence electrons. The quantitative estimate of drug-likeness (QED) is 0.327. The smallest absolute Gasteiger partial charge is 0.252 e. The molecule has 0 spiro atoms. The number of nitrogens with zero attached hydrogens (tertiary/aromatic N) is 3. The number of aryl methyl sites for hydroxylation is 3. The van der Waals surface area contributed by atoms with Gasteiger partial charge in [-0.15, -0.1) is 0 Å². The van der Waals surface area contributed by atoms with Crippen molar-refractivity contribution in [2.24, 2.45) is 0 Å². The topological polar surface area (TPSA) is 95.0 Å². The van der Waals surface area contributed by atoms with E-state index in [9.17, 15) is 9.59 Å². The van der Waals surface area contributed by atoms with Crippen molar-refractivity contribution < 1.29 is 4.79 Å². The van der Waals surface area contributed by atoms with Gasteiger partial charge in [-0.25, -0.2) is 4.98 Å². The number of fused-ring (bicyclic) bond motifs is 1. The largest absolute Gasteiger partial charge is 0.362 e. The molecule has 8 heteroatoms. The van der Waals surface area contributed by atoms with Crippen molar-refractivity contribution in [1.29, 1.82) is 0 Å². The molecule has 1 saturated heterocycles. The molecule has 3 N–H and O–H groups in total. The molecule has 0 radical (unpaired) electrons. The van der Waals surface area contributed by atoms with Gasteiger partial charge in [-0.1, -0.05) is 6.92 Å². The van der Waals surface area contributed by atoms with E-state index in [0.29, 0.717) is 11.1 Å². The normalized spacial score (nSPS) is 14.5. The van der Waals surface area contributed by atoms with Crippen LogP contribution in [-0.2, 0) is 6.54 Å². The maximum atomic E-state index is 13.7. The number of piperazine rings is 1. The minimum Gasteiger partial charge on any atom is -0.362 e. The lowest BCUT2D eigenvalue weighted by Crippen LogP contribution is -2.43. The van der Waals surface area contributed by atoms with Gasteiger partial charge >= 0.3 is 0 Å². The summed E-state index contributed by atoms with van der Waals surface area (Å²) in [5.74, 6) is 0.772. The maximum absolute atomic E-state index is 13.7. The molecule has 1 atom stereocenters. The van der Waals surface area contributed by atoms with Gasteiger partial charge in [0.25, 0.3) is 5.91 Å². The number of rotatable bonds is 7. The van der Waals surface area contributed by atoms with Gasteiger partial charge in [-0.3, -0.25) is 9.59 Å². The highest BCUT2D eigenvalue weighted by atomic mass is 16.1. The van der Waals surface area contributed by atoms with Gasteiger partial charge in [0, 0.05) is 96.2 Å². The van der Waals surface area contributed by atoms with Gasteiger partial charge < -0.3 is 25.1 Å². The Balaban J connectivity index is 1.54. The van der Waals surface area contributed by atoms with Crippen LogP contribution >= 0.6 is 0 Å². The maximum Gasteiger partial charge on any atom is 0.252 e. The molecule has 8 nitrogen and oxygen atoms in total. The van der Waals surface area contributed by atoms with E-state index in [1.807, 2.05) is 26.1 Å². The van der Waals surface area contributed by atoms with Gasteiger partial charge in [-0.05, 0) is 69.5 Å². The zero-order valence-corrected chi connectivity index (χ0v) is 23.5. The number of anilines is 1. The molecular weight excluding hydrogens is 488 g/mol. The van der Waals surface area contributed by atoms with Crippen molar-refractivity contribution in [2.45, 2.75) is 53.6 Å². The van der Waals surface area contributed by atoms with Crippen LogP contribution in [0.25, 0.3) is 22.0 Å². The molecule has 0 bridgehead atoms. The van der Waals surface area contributed by atoms with E-state index < -0.39 is 0 Å². The summed E-state index contributed by atoms with van der Waals surface area (Å²) in [7, 11) is 0. The Morgan fingerprint density at radius 3 is 2.54 bits per heavy atom. The second-order valence-electron chi connectivity index (χ2n) is 10.6. The summed E-state index contributed by atoms with van der Waals surface area (Å²) in [6.45, 7) is 14.1. The van der Waals surface area contributed by atoms with Crippen LogP contribution in [0.2, 0.25) is 0 Å². The molecule has 0 unspecified atom stereocenters. The minimum absolute atomic E-state index is 0.0716. The third kappa shape index (κ3) is 5.34. The van der Waals surface area contributed by atoms with Gasteiger partial charge in [0.2, 0.25) is 0 Å². The van der Waals surface area contributed by atoms with Crippen LogP contribution in [0.5, 0.6) is 0 Å². The Hall–Kier alpha value is -3.91. The zero-order chi connectivity index (χ0) is 27.7. The first-order chi connectivity index (χ1) is 18.8. The van der Waals surface area contributed by atoms with Crippen molar-refractivity contribution in [2.75, 3.05) is 31.1 Å². The number of aromatic amines is 1. The van der Waals surface area contributed by atoms with Gasteiger partial charge in [0.15, 0.2) is 5.43 Å². The molecule has 4 heterocycles. The summed E-state index contributed by atoms with van der Waals surface area (Å²) >= 11 is 0. The van der Waals surface area contributed by atoms with E-state index in [0.717, 1.165) is 77.4 Å². The molecule has 1 amide bonds. The van der Waals surface area contributed by atoms with Crippen molar-refractivity contribution >= 4 is 22.6 Å². The van der Waals surface area contributed by atoms with E-state index in [4.69, 9.17) is 4.98 Å². The fraction of sp³-hybridized carbons (Fsp3) is 0.387. The number of pyridine rings is 2. The second kappa shape index (κ2) is 11.1.